The van der Waals surface area contributed by atoms with Crippen molar-refractivity contribution in [3.05, 3.63) is 82.9 Å². The van der Waals surface area contributed by atoms with Crippen LogP contribution in [0.2, 0.25) is 5.02 Å². The summed E-state index contributed by atoms with van der Waals surface area (Å²) >= 11 is 5.85. The molecule has 19 heavy (non-hydrogen) atoms. The minimum atomic E-state index is 0.0217. The third kappa shape index (κ3) is 2.25. The predicted molar refractivity (Wildman–Crippen MR) is 78.8 cm³/mol. The summed E-state index contributed by atoms with van der Waals surface area (Å²) in [5.41, 5.74) is 1.38. The Bertz CT molecular complexity index is 739. The molecule has 0 saturated carbocycles. The van der Waals surface area contributed by atoms with Gasteiger partial charge in [0.05, 0.1) is 0 Å². The number of halogens is 1. The number of benzene rings is 3. The molecule has 0 aliphatic carbocycles. The van der Waals surface area contributed by atoms with Gasteiger partial charge < -0.3 is 0 Å². The van der Waals surface area contributed by atoms with Gasteiger partial charge in [-0.1, -0.05) is 54.1 Å². The SMILES string of the molecule is O=C(c1ccc(Cl)cc1)c1cccc2ccccc12. The van der Waals surface area contributed by atoms with E-state index in [9.17, 15) is 4.79 Å². The van der Waals surface area contributed by atoms with Crippen molar-refractivity contribution in [1.29, 1.82) is 0 Å². The zero-order chi connectivity index (χ0) is 13.2. The summed E-state index contributed by atoms with van der Waals surface area (Å²) in [5, 5.41) is 2.68. The number of ketones is 1. The van der Waals surface area contributed by atoms with E-state index in [1.165, 1.54) is 0 Å². The first kappa shape index (κ1) is 11.9. The largest absolute Gasteiger partial charge is 0.289 e. The summed E-state index contributed by atoms with van der Waals surface area (Å²) in [5.74, 6) is 0.0217. The van der Waals surface area contributed by atoms with Crippen LogP contribution in [0.3, 0.4) is 0 Å². The Morgan fingerprint density at radius 3 is 2.26 bits per heavy atom. The van der Waals surface area contributed by atoms with Crippen LogP contribution in [0.25, 0.3) is 10.8 Å². The van der Waals surface area contributed by atoms with Crippen molar-refractivity contribution >= 4 is 28.2 Å². The Kier molecular flexibility index (Phi) is 3.06. The average Bonchev–Trinajstić information content (AvgIpc) is 2.47. The molecule has 0 aromatic heterocycles. The maximum Gasteiger partial charge on any atom is 0.193 e. The predicted octanol–water partition coefficient (Wildman–Crippen LogP) is 4.72. The van der Waals surface area contributed by atoms with Gasteiger partial charge in [0.15, 0.2) is 5.78 Å². The van der Waals surface area contributed by atoms with Crippen molar-refractivity contribution in [2.75, 3.05) is 0 Å². The normalized spacial score (nSPS) is 10.6. The molecule has 0 aliphatic rings. The minimum absolute atomic E-state index is 0.0217. The number of fused-ring (bicyclic) bond motifs is 1. The van der Waals surface area contributed by atoms with Gasteiger partial charge in [0.25, 0.3) is 0 Å². The molecule has 0 fully saturated rings. The van der Waals surface area contributed by atoms with Crippen LogP contribution in [0, 0.1) is 0 Å². The highest BCUT2D eigenvalue weighted by Crippen LogP contribution is 2.22. The molecule has 0 unspecified atom stereocenters. The van der Waals surface area contributed by atoms with Gasteiger partial charge in [-0.05, 0) is 35.0 Å². The summed E-state index contributed by atoms with van der Waals surface area (Å²) in [6.07, 6.45) is 0. The molecule has 0 spiro atoms. The standard InChI is InChI=1S/C17H11ClO/c18-14-10-8-13(9-11-14)17(19)16-7-3-5-12-4-1-2-6-15(12)16/h1-11H. The van der Waals surface area contributed by atoms with E-state index in [-0.39, 0.29) is 5.78 Å². The number of rotatable bonds is 2. The molecule has 3 aromatic rings. The second kappa shape index (κ2) is 4.87. The van der Waals surface area contributed by atoms with E-state index < -0.39 is 0 Å². The van der Waals surface area contributed by atoms with Crippen molar-refractivity contribution in [2.24, 2.45) is 0 Å². The molecule has 0 amide bonds. The Labute approximate surface area is 116 Å². The molecule has 0 aliphatic heterocycles. The van der Waals surface area contributed by atoms with Crippen LogP contribution >= 0.6 is 11.6 Å². The van der Waals surface area contributed by atoms with Gasteiger partial charge in [-0.3, -0.25) is 4.79 Å². The van der Waals surface area contributed by atoms with Gasteiger partial charge in [0.2, 0.25) is 0 Å². The van der Waals surface area contributed by atoms with Crippen LogP contribution in [-0.2, 0) is 0 Å². The Balaban J connectivity index is 2.14. The van der Waals surface area contributed by atoms with E-state index in [0.717, 1.165) is 16.3 Å². The fourth-order valence-corrected chi connectivity index (χ4v) is 2.31. The molecule has 2 heteroatoms. The summed E-state index contributed by atoms with van der Waals surface area (Å²) < 4.78 is 0. The summed E-state index contributed by atoms with van der Waals surface area (Å²) in [7, 11) is 0. The minimum Gasteiger partial charge on any atom is -0.289 e. The van der Waals surface area contributed by atoms with Crippen LogP contribution in [0.4, 0.5) is 0 Å². The van der Waals surface area contributed by atoms with E-state index in [1.54, 1.807) is 24.3 Å². The van der Waals surface area contributed by atoms with Crippen molar-refractivity contribution in [1.82, 2.24) is 0 Å². The molecule has 92 valence electrons. The first-order valence-corrected chi connectivity index (χ1v) is 6.41. The first-order chi connectivity index (χ1) is 9.25. The fraction of sp³-hybridized carbons (Fsp3) is 0. The number of hydrogen-bond acceptors (Lipinski definition) is 1. The zero-order valence-corrected chi connectivity index (χ0v) is 10.9. The molecule has 0 saturated heterocycles. The van der Waals surface area contributed by atoms with Gasteiger partial charge >= 0.3 is 0 Å². The fourth-order valence-electron chi connectivity index (χ4n) is 2.18. The maximum atomic E-state index is 12.5. The van der Waals surface area contributed by atoms with Crippen LogP contribution in [0.15, 0.2) is 66.7 Å². The highest BCUT2D eigenvalue weighted by Gasteiger charge is 2.11. The lowest BCUT2D eigenvalue weighted by molar-refractivity contribution is 0.104. The third-order valence-corrected chi connectivity index (χ3v) is 3.39. The lowest BCUT2D eigenvalue weighted by atomic mass is 9.97. The van der Waals surface area contributed by atoms with Crippen molar-refractivity contribution < 1.29 is 4.79 Å². The average molecular weight is 267 g/mol. The van der Waals surface area contributed by atoms with Gasteiger partial charge in [-0.25, -0.2) is 0 Å². The molecule has 3 rings (SSSR count). The quantitative estimate of drug-likeness (QED) is 0.613. The Hall–Kier alpha value is -2.12. The van der Waals surface area contributed by atoms with E-state index >= 15 is 0 Å². The van der Waals surface area contributed by atoms with Gasteiger partial charge in [-0.15, -0.1) is 0 Å². The monoisotopic (exact) mass is 266 g/mol. The second-order valence-corrected chi connectivity index (χ2v) is 4.80. The molecular weight excluding hydrogens is 256 g/mol. The highest BCUT2D eigenvalue weighted by molar-refractivity contribution is 6.30. The van der Waals surface area contributed by atoms with Crippen LogP contribution in [0.1, 0.15) is 15.9 Å². The van der Waals surface area contributed by atoms with E-state index in [2.05, 4.69) is 0 Å². The van der Waals surface area contributed by atoms with Crippen LogP contribution in [-0.4, -0.2) is 5.78 Å². The Morgan fingerprint density at radius 2 is 1.47 bits per heavy atom. The summed E-state index contributed by atoms with van der Waals surface area (Å²) in [6.45, 7) is 0. The molecule has 0 radical (unpaired) electrons. The topological polar surface area (TPSA) is 17.1 Å². The lowest BCUT2D eigenvalue weighted by Crippen LogP contribution is -2.01. The molecule has 3 aromatic carbocycles. The van der Waals surface area contributed by atoms with E-state index in [4.69, 9.17) is 11.6 Å². The smallest absolute Gasteiger partial charge is 0.193 e. The number of hydrogen-bond donors (Lipinski definition) is 0. The lowest BCUT2D eigenvalue weighted by Gasteiger charge is -2.06. The van der Waals surface area contributed by atoms with E-state index in [0.29, 0.717) is 10.6 Å². The molecule has 0 bridgehead atoms. The summed E-state index contributed by atoms with van der Waals surface area (Å²) in [6, 6.07) is 20.7. The van der Waals surface area contributed by atoms with E-state index in [1.807, 2.05) is 42.5 Å². The van der Waals surface area contributed by atoms with Crippen molar-refractivity contribution in [3.63, 3.8) is 0 Å². The van der Waals surface area contributed by atoms with Crippen LogP contribution in [0.5, 0.6) is 0 Å². The second-order valence-electron chi connectivity index (χ2n) is 4.36. The van der Waals surface area contributed by atoms with Gasteiger partial charge in [-0.2, -0.15) is 0 Å². The van der Waals surface area contributed by atoms with Crippen LogP contribution < -0.4 is 0 Å². The third-order valence-electron chi connectivity index (χ3n) is 3.14. The zero-order valence-electron chi connectivity index (χ0n) is 10.1. The molecular formula is C17H11ClO. The van der Waals surface area contributed by atoms with Gasteiger partial charge in [0, 0.05) is 16.1 Å². The number of carbonyl (C=O) groups excluding carboxylic acids is 1. The highest BCUT2D eigenvalue weighted by atomic mass is 35.5. The van der Waals surface area contributed by atoms with Crippen molar-refractivity contribution in [2.45, 2.75) is 0 Å². The van der Waals surface area contributed by atoms with Crippen molar-refractivity contribution in [3.8, 4) is 0 Å². The number of carbonyl (C=O) groups is 1. The summed E-state index contributed by atoms with van der Waals surface area (Å²) in [4.78, 5) is 12.5. The molecule has 0 atom stereocenters. The van der Waals surface area contributed by atoms with Gasteiger partial charge in [0.1, 0.15) is 0 Å². The maximum absolute atomic E-state index is 12.5. The first-order valence-electron chi connectivity index (χ1n) is 6.04. The molecule has 0 N–H and O–H groups in total. The Morgan fingerprint density at radius 1 is 0.789 bits per heavy atom. The molecule has 1 nitrogen and oxygen atoms in total. The molecule has 0 heterocycles.